The molecule has 2 aromatic heterocycles. The fourth-order valence-electron chi connectivity index (χ4n) is 5.39. The summed E-state index contributed by atoms with van der Waals surface area (Å²) >= 11 is 1.42. The van der Waals surface area contributed by atoms with Crippen molar-refractivity contribution in [3.05, 3.63) is 58.8 Å². The molecule has 2 amide bonds. The first kappa shape index (κ1) is 28.5. The van der Waals surface area contributed by atoms with Crippen LogP contribution in [0.3, 0.4) is 0 Å². The van der Waals surface area contributed by atoms with Crippen molar-refractivity contribution in [2.75, 3.05) is 32.3 Å². The number of tetrazole rings is 1. The molecule has 1 saturated carbocycles. The molecular weight excluding hydrogens is 572 g/mol. The number of ether oxygens (including phenoxy) is 4. The van der Waals surface area contributed by atoms with Crippen molar-refractivity contribution < 1.29 is 28.5 Å². The van der Waals surface area contributed by atoms with E-state index in [1.165, 1.54) is 21.0 Å². The Labute approximate surface area is 252 Å². The predicted molar refractivity (Wildman–Crippen MR) is 159 cm³/mol. The molecular formula is C30H32N6O6S. The van der Waals surface area contributed by atoms with E-state index in [2.05, 4.69) is 20.7 Å². The predicted octanol–water partition coefficient (Wildman–Crippen LogP) is 4.02. The molecule has 2 aromatic carbocycles. The summed E-state index contributed by atoms with van der Waals surface area (Å²) in [6.45, 7) is 0.576. The van der Waals surface area contributed by atoms with Gasteiger partial charge in [0, 0.05) is 28.2 Å². The van der Waals surface area contributed by atoms with Crippen LogP contribution in [0, 0.1) is 0 Å². The van der Waals surface area contributed by atoms with E-state index in [1.807, 2.05) is 17.5 Å². The zero-order chi connectivity index (χ0) is 29.8. The maximum atomic E-state index is 14.2. The lowest BCUT2D eigenvalue weighted by Gasteiger charge is -2.32. The van der Waals surface area contributed by atoms with Crippen molar-refractivity contribution in [1.82, 2.24) is 25.5 Å². The first-order valence-corrected chi connectivity index (χ1v) is 15.0. The Morgan fingerprint density at radius 2 is 1.84 bits per heavy atom. The lowest BCUT2D eigenvalue weighted by Crippen LogP contribution is -2.47. The average molecular weight is 605 g/mol. The highest BCUT2D eigenvalue weighted by atomic mass is 32.1. The molecule has 3 heterocycles. The Morgan fingerprint density at radius 1 is 1.05 bits per heavy atom. The number of methoxy groups -OCH3 is 2. The van der Waals surface area contributed by atoms with E-state index < -0.39 is 11.9 Å². The minimum absolute atomic E-state index is 0.0770. The number of anilines is 1. The first-order chi connectivity index (χ1) is 21.0. The molecule has 0 bridgehead atoms. The van der Waals surface area contributed by atoms with E-state index in [0.717, 1.165) is 30.6 Å². The van der Waals surface area contributed by atoms with Gasteiger partial charge in [0.15, 0.2) is 23.0 Å². The number of carbonyl (C=O) groups is 2. The molecule has 0 unspecified atom stereocenters. The van der Waals surface area contributed by atoms with Crippen molar-refractivity contribution in [2.45, 2.75) is 44.3 Å². The van der Waals surface area contributed by atoms with E-state index in [9.17, 15) is 9.59 Å². The summed E-state index contributed by atoms with van der Waals surface area (Å²) in [5.74, 6) is 1.86. The van der Waals surface area contributed by atoms with Crippen LogP contribution in [0.2, 0.25) is 0 Å². The van der Waals surface area contributed by atoms with Gasteiger partial charge in [-0.3, -0.25) is 14.5 Å². The maximum Gasteiger partial charge on any atom is 0.251 e. The molecule has 1 atom stereocenters. The lowest BCUT2D eigenvalue weighted by atomic mass is 10.1. The summed E-state index contributed by atoms with van der Waals surface area (Å²) in [4.78, 5) is 31.6. The summed E-state index contributed by atoms with van der Waals surface area (Å²) < 4.78 is 22.2. The number of aromatic nitrogens is 4. The number of nitrogens with one attached hydrogen (secondary N) is 1. The highest BCUT2D eigenvalue weighted by molar-refractivity contribution is 7.10. The van der Waals surface area contributed by atoms with Gasteiger partial charge in [-0.1, -0.05) is 18.9 Å². The second-order valence-electron chi connectivity index (χ2n) is 10.2. The third-order valence-corrected chi connectivity index (χ3v) is 8.39. The van der Waals surface area contributed by atoms with Gasteiger partial charge in [-0.05, 0) is 59.8 Å². The van der Waals surface area contributed by atoms with Crippen molar-refractivity contribution in [1.29, 1.82) is 0 Å². The fraction of sp³-hybridized carbons (Fsp3) is 0.367. The van der Waals surface area contributed by atoms with Gasteiger partial charge >= 0.3 is 0 Å². The van der Waals surface area contributed by atoms with E-state index in [-0.39, 0.29) is 18.5 Å². The standard InChI is InChI=1S/C30H32N6O6S/c1-39-22-11-9-19(16-24(22)40-2)29-32-34-35(33-29)18-27(37)36(21-10-12-23-25(17-21)42-14-13-41-23)28(26-8-5-15-43-26)30(38)31-20-6-3-4-7-20/h5,8-12,15-17,20,28H,3-4,6-7,13-14,18H2,1-2H3,(H,31,38)/t28-/m0/s1. The van der Waals surface area contributed by atoms with Gasteiger partial charge in [0.05, 0.1) is 14.2 Å². The number of fused-ring (bicyclic) bond motifs is 1. The quantitative estimate of drug-likeness (QED) is 0.285. The molecule has 1 aliphatic carbocycles. The molecule has 1 aliphatic heterocycles. The SMILES string of the molecule is COc1ccc(-c2nnn(CC(=O)N(c3ccc4c(c3)OCCO4)[C@H](C(=O)NC3CCCC3)c3cccs3)n2)cc1OC. The van der Waals surface area contributed by atoms with Crippen molar-refractivity contribution in [2.24, 2.45) is 0 Å². The molecule has 1 N–H and O–H groups in total. The molecule has 224 valence electrons. The second-order valence-corrected chi connectivity index (χ2v) is 11.2. The largest absolute Gasteiger partial charge is 0.493 e. The normalized spacial score (nSPS) is 15.1. The summed E-state index contributed by atoms with van der Waals surface area (Å²) in [7, 11) is 3.10. The van der Waals surface area contributed by atoms with Crippen LogP contribution >= 0.6 is 11.3 Å². The van der Waals surface area contributed by atoms with Gasteiger partial charge < -0.3 is 24.3 Å². The number of benzene rings is 2. The summed E-state index contributed by atoms with van der Waals surface area (Å²) in [6.07, 6.45) is 3.98. The van der Waals surface area contributed by atoms with Gasteiger partial charge in [0.1, 0.15) is 25.8 Å². The van der Waals surface area contributed by atoms with Crippen LogP contribution in [0.5, 0.6) is 23.0 Å². The van der Waals surface area contributed by atoms with E-state index in [4.69, 9.17) is 18.9 Å². The number of carbonyl (C=O) groups excluding carboxylic acids is 2. The van der Waals surface area contributed by atoms with Gasteiger partial charge in [0.2, 0.25) is 11.7 Å². The van der Waals surface area contributed by atoms with Crippen LogP contribution < -0.4 is 29.2 Å². The Kier molecular flexibility index (Phi) is 8.40. The van der Waals surface area contributed by atoms with Crippen LogP contribution in [0.25, 0.3) is 11.4 Å². The first-order valence-electron chi connectivity index (χ1n) is 14.1. The summed E-state index contributed by atoms with van der Waals surface area (Å²) in [5, 5.41) is 17.8. The molecule has 6 rings (SSSR count). The molecule has 4 aromatic rings. The zero-order valence-corrected chi connectivity index (χ0v) is 24.7. The number of hydrogen-bond donors (Lipinski definition) is 1. The Morgan fingerprint density at radius 3 is 2.58 bits per heavy atom. The van der Waals surface area contributed by atoms with Crippen LogP contribution in [0.15, 0.2) is 53.9 Å². The third kappa shape index (κ3) is 6.12. The number of amides is 2. The monoisotopic (exact) mass is 604 g/mol. The number of rotatable bonds is 10. The van der Waals surface area contributed by atoms with Crippen molar-refractivity contribution >= 4 is 28.8 Å². The van der Waals surface area contributed by atoms with E-state index in [1.54, 1.807) is 50.6 Å². The smallest absolute Gasteiger partial charge is 0.251 e. The molecule has 1 fully saturated rings. The van der Waals surface area contributed by atoms with E-state index in [0.29, 0.717) is 53.3 Å². The molecule has 13 heteroatoms. The average Bonchev–Trinajstić information content (AvgIpc) is 3.83. The molecule has 0 saturated heterocycles. The van der Waals surface area contributed by atoms with Crippen molar-refractivity contribution in [3.63, 3.8) is 0 Å². The summed E-state index contributed by atoms with van der Waals surface area (Å²) in [5.41, 5.74) is 1.14. The maximum absolute atomic E-state index is 14.2. The third-order valence-electron chi connectivity index (χ3n) is 7.46. The van der Waals surface area contributed by atoms with Crippen LogP contribution in [-0.4, -0.2) is 65.5 Å². The highest BCUT2D eigenvalue weighted by Gasteiger charge is 2.36. The lowest BCUT2D eigenvalue weighted by molar-refractivity contribution is -0.127. The van der Waals surface area contributed by atoms with Crippen LogP contribution in [0.4, 0.5) is 5.69 Å². The summed E-state index contributed by atoms with van der Waals surface area (Å²) in [6, 6.07) is 13.4. The number of nitrogens with zero attached hydrogens (tertiary/aromatic N) is 5. The highest BCUT2D eigenvalue weighted by Crippen LogP contribution is 2.38. The van der Waals surface area contributed by atoms with Gasteiger partial charge in [-0.2, -0.15) is 4.80 Å². The fourth-order valence-corrected chi connectivity index (χ4v) is 6.20. The molecule has 0 spiro atoms. The molecule has 43 heavy (non-hydrogen) atoms. The van der Waals surface area contributed by atoms with Gasteiger partial charge in [-0.15, -0.1) is 21.5 Å². The zero-order valence-electron chi connectivity index (χ0n) is 23.9. The van der Waals surface area contributed by atoms with E-state index >= 15 is 0 Å². The Hall–Kier alpha value is -4.65. The number of hydrogen-bond acceptors (Lipinski definition) is 10. The van der Waals surface area contributed by atoms with Crippen LogP contribution in [-0.2, 0) is 16.1 Å². The van der Waals surface area contributed by atoms with Gasteiger partial charge in [0.25, 0.3) is 5.91 Å². The molecule has 12 nitrogen and oxygen atoms in total. The molecule has 0 radical (unpaired) electrons. The van der Waals surface area contributed by atoms with Crippen LogP contribution in [0.1, 0.15) is 36.6 Å². The second kappa shape index (κ2) is 12.7. The van der Waals surface area contributed by atoms with Crippen molar-refractivity contribution in [3.8, 4) is 34.4 Å². The molecule has 2 aliphatic rings. The minimum Gasteiger partial charge on any atom is -0.493 e. The number of thiophene rings is 1. The Bertz CT molecular complexity index is 1590. The minimum atomic E-state index is -0.912. The Balaban J connectivity index is 1.34. The topological polar surface area (TPSA) is 130 Å². The van der Waals surface area contributed by atoms with Gasteiger partial charge in [-0.25, -0.2) is 0 Å².